The molecule has 2 N–H and O–H groups in total. The topological polar surface area (TPSA) is 54.2 Å². The fourth-order valence-corrected chi connectivity index (χ4v) is 4.36. The smallest absolute Gasteiger partial charge is 0.191 e. The SMILES string of the molecule is CN=C(NCCCn1cnc2ccccc21)NCC1(C)CCCS1. The van der Waals surface area contributed by atoms with Crippen LogP contribution in [0.2, 0.25) is 0 Å². The molecule has 0 bridgehead atoms. The highest BCUT2D eigenvalue weighted by atomic mass is 32.2. The number of fused-ring (bicyclic) bond motifs is 1. The second-order valence-corrected chi connectivity index (χ2v) is 8.22. The Kier molecular flexibility index (Phi) is 5.66. The van der Waals surface area contributed by atoms with Crippen LogP contribution >= 0.6 is 11.8 Å². The van der Waals surface area contributed by atoms with Crippen LogP contribution in [-0.4, -0.2) is 46.1 Å². The van der Waals surface area contributed by atoms with E-state index in [0.717, 1.165) is 37.5 Å². The van der Waals surface area contributed by atoms with Gasteiger partial charge in [-0.3, -0.25) is 4.99 Å². The number of nitrogens with one attached hydrogen (secondary N) is 2. The van der Waals surface area contributed by atoms with Crippen LogP contribution in [0, 0.1) is 0 Å². The van der Waals surface area contributed by atoms with Gasteiger partial charge in [0.15, 0.2) is 5.96 Å². The zero-order chi connectivity index (χ0) is 16.8. The first kappa shape index (κ1) is 17.1. The molecule has 1 aromatic heterocycles. The molecule has 0 aliphatic carbocycles. The molecule has 1 aliphatic rings. The fraction of sp³-hybridized carbons (Fsp3) is 0.556. The molecule has 2 heterocycles. The van der Waals surface area contributed by atoms with Crippen molar-refractivity contribution in [3.8, 4) is 0 Å². The normalized spacial score (nSPS) is 21.3. The lowest BCUT2D eigenvalue weighted by molar-refractivity contribution is 0.580. The highest BCUT2D eigenvalue weighted by Crippen LogP contribution is 2.36. The Bertz CT molecular complexity index is 688. The van der Waals surface area contributed by atoms with Crippen LogP contribution in [0.1, 0.15) is 26.2 Å². The molecule has 1 atom stereocenters. The minimum absolute atomic E-state index is 0.355. The van der Waals surface area contributed by atoms with Gasteiger partial charge in [-0.1, -0.05) is 12.1 Å². The van der Waals surface area contributed by atoms with E-state index in [0.29, 0.717) is 4.75 Å². The molecule has 24 heavy (non-hydrogen) atoms. The number of benzene rings is 1. The van der Waals surface area contributed by atoms with E-state index in [1.54, 1.807) is 0 Å². The average molecular weight is 346 g/mol. The zero-order valence-corrected chi connectivity index (χ0v) is 15.4. The van der Waals surface area contributed by atoms with Crippen LogP contribution in [0.25, 0.3) is 11.0 Å². The number of imidazole rings is 1. The zero-order valence-electron chi connectivity index (χ0n) is 14.6. The first-order valence-electron chi connectivity index (χ1n) is 8.69. The molecular weight excluding hydrogens is 318 g/mol. The first-order valence-corrected chi connectivity index (χ1v) is 9.67. The molecule has 130 valence electrons. The molecule has 0 saturated carbocycles. The van der Waals surface area contributed by atoms with E-state index in [1.807, 2.05) is 19.4 Å². The lowest BCUT2D eigenvalue weighted by atomic mass is 10.1. The Balaban J connectivity index is 1.41. The van der Waals surface area contributed by atoms with Crippen molar-refractivity contribution in [2.75, 3.05) is 25.9 Å². The average Bonchev–Trinajstić information content (AvgIpc) is 3.21. The maximum absolute atomic E-state index is 4.43. The molecule has 0 spiro atoms. The van der Waals surface area contributed by atoms with Gasteiger partial charge < -0.3 is 15.2 Å². The minimum Gasteiger partial charge on any atom is -0.356 e. The molecule has 1 fully saturated rings. The van der Waals surface area contributed by atoms with E-state index in [1.165, 1.54) is 24.1 Å². The van der Waals surface area contributed by atoms with Gasteiger partial charge in [-0.15, -0.1) is 0 Å². The summed E-state index contributed by atoms with van der Waals surface area (Å²) >= 11 is 2.07. The van der Waals surface area contributed by atoms with Gasteiger partial charge in [0.2, 0.25) is 0 Å². The van der Waals surface area contributed by atoms with Crippen LogP contribution in [-0.2, 0) is 6.54 Å². The summed E-state index contributed by atoms with van der Waals surface area (Å²) in [5.41, 5.74) is 2.26. The van der Waals surface area contributed by atoms with Gasteiger partial charge in [0, 0.05) is 31.4 Å². The number of nitrogens with zero attached hydrogens (tertiary/aromatic N) is 3. The van der Waals surface area contributed by atoms with Crippen molar-refractivity contribution in [3.05, 3.63) is 30.6 Å². The monoisotopic (exact) mass is 345 g/mol. The van der Waals surface area contributed by atoms with Crippen molar-refractivity contribution < 1.29 is 0 Å². The molecule has 0 amide bonds. The van der Waals surface area contributed by atoms with Crippen LogP contribution in [0.15, 0.2) is 35.6 Å². The van der Waals surface area contributed by atoms with Crippen LogP contribution in [0.4, 0.5) is 0 Å². The number of para-hydroxylation sites is 2. The number of guanidine groups is 1. The van der Waals surface area contributed by atoms with Crippen LogP contribution < -0.4 is 10.6 Å². The third kappa shape index (κ3) is 4.23. The Labute approximate surface area is 148 Å². The minimum atomic E-state index is 0.355. The predicted octanol–water partition coefficient (Wildman–Crippen LogP) is 2.88. The van der Waals surface area contributed by atoms with Crippen molar-refractivity contribution in [1.29, 1.82) is 0 Å². The predicted molar refractivity (Wildman–Crippen MR) is 104 cm³/mol. The van der Waals surface area contributed by atoms with E-state index in [9.17, 15) is 0 Å². The quantitative estimate of drug-likeness (QED) is 0.480. The Morgan fingerprint density at radius 2 is 2.25 bits per heavy atom. The number of aliphatic imine (C=N–C) groups is 1. The Morgan fingerprint density at radius 3 is 3.04 bits per heavy atom. The summed E-state index contributed by atoms with van der Waals surface area (Å²) < 4.78 is 2.57. The highest BCUT2D eigenvalue weighted by molar-refractivity contribution is 8.00. The van der Waals surface area contributed by atoms with E-state index < -0.39 is 0 Å². The van der Waals surface area contributed by atoms with E-state index in [-0.39, 0.29) is 0 Å². The van der Waals surface area contributed by atoms with Gasteiger partial charge in [-0.25, -0.2) is 4.98 Å². The van der Waals surface area contributed by atoms with Crippen molar-refractivity contribution in [1.82, 2.24) is 20.2 Å². The summed E-state index contributed by atoms with van der Waals surface area (Å²) in [5, 5.41) is 6.89. The molecule has 3 rings (SSSR count). The van der Waals surface area contributed by atoms with Gasteiger partial charge in [0.1, 0.15) is 0 Å². The molecule has 2 aromatic rings. The van der Waals surface area contributed by atoms with Gasteiger partial charge in [-0.2, -0.15) is 11.8 Å². The van der Waals surface area contributed by atoms with Crippen LogP contribution in [0.3, 0.4) is 0 Å². The summed E-state index contributed by atoms with van der Waals surface area (Å²) in [4.78, 5) is 8.76. The number of thioether (sulfide) groups is 1. The van der Waals surface area contributed by atoms with E-state index in [2.05, 4.69) is 62.1 Å². The molecule has 1 aromatic carbocycles. The summed E-state index contributed by atoms with van der Waals surface area (Å²) in [6.45, 7) is 5.17. The van der Waals surface area contributed by atoms with Gasteiger partial charge in [-0.05, 0) is 44.1 Å². The lowest BCUT2D eigenvalue weighted by Crippen LogP contribution is -2.44. The number of aromatic nitrogens is 2. The van der Waals surface area contributed by atoms with Gasteiger partial charge in [0.05, 0.1) is 17.4 Å². The number of hydrogen-bond acceptors (Lipinski definition) is 3. The molecule has 5 nitrogen and oxygen atoms in total. The number of aryl methyl sites for hydroxylation is 1. The standard InChI is InChI=1S/C18H27N5S/c1-18(9-5-12-24-18)13-21-17(19-2)20-10-6-11-23-14-22-15-7-3-4-8-16(15)23/h3-4,7-8,14H,5-6,9-13H2,1-2H3,(H2,19,20,21). The summed E-state index contributed by atoms with van der Waals surface area (Å²) in [7, 11) is 1.84. The molecule has 0 radical (unpaired) electrons. The maximum Gasteiger partial charge on any atom is 0.191 e. The van der Waals surface area contributed by atoms with Gasteiger partial charge in [0.25, 0.3) is 0 Å². The largest absolute Gasteiger partial charge is 0.356 e. The Hall–Kier alpha value is -1.69. The second-order valence-electron chi connectivity index (χ2n) is 6.53. The summed E-state index contributed by atoms with van der Waals surface area (Å²) in [6, 6.07) is 8.26. The molecular formula is C18H27N5S. The molecule has 6 heteroatoms. The van der Waals surface area contributed by atoms with Crippen molar-refractivity contribution in [2.24, 2.45) is 4.99 Å². The third-order valence-corrected chi connectivity index (χ3v) is 6.09. The van der Waals surface area contributed by atoms with E-state index >= 15 is 0 Å². The van der Waals surface area contributed by atoms with Crippen molar-refractivity contribution in [3.63, 3.8) is 0 Å². The summed E-state index contributed by atoms with van der Waals surface area (Å²) in [5.74, 6) is 2.18. The molecule has 1 aliphatic heterocycles. The van der Waals surface area contributed by atoms with Crippen molar-refractivity contribution in [2.45, 2.75) is 37.5 Å². The second kappa shape index (κ2) is 7.92. The molecule has 1 unspecified atom stereocenters. The van der Waals surface area contributed by atoms with Crippen molar-refractivity contribution >= 4 is 28.8 Å². The summed E-state index contributed by atoms with van der Waals surface area (Å²) in [6.07, 6.45) is 5.58. The number of rotatable bonds is 6. The van der Waals surface area contributed by atoms with Crippen LogP contribution in [0.5, 0.6) is 0 Å². The maximum atomic E-state index is 4.43. The fourth-order valence-electron chi connectivity index (χ4n) is 3.11. The van der Waals surface area contributed by atoms with Gasteiger partial charge >= 0.3 is 0 Å². The highest BCUT2D eigenvalue weighted by Gasteiger charge is 2.29. The first-order chi connectivity index (χ1) is 11.7. The third-order valence-electron chi connectivity index (χ3n) is 4.55. The number of hydrogen-bond donors (Lipinski definition) is 2. The lowest BCUT2D eigenvalue weighted by Gasteiger charge is -2.24. The molecule has 1 saturated heterocycles. The van der Waals surface area contributed by atoms with E-state index in [4.69, 9.17) is 0 Å². The Morgan fingerprint density at radius 1 is 1.38 bits per heavy atom.